The van der Waals surface area contributed by atoms with E-state index in [0.717, 1.165) is 0 Å². The van der Waals surface area contributed by atoms with Crippen molar-refractivity contribution >= 4 is 35.5 Å². The Morgan fingerprint density at radius 3 is 2.70 bits per heavy atom. The molecule has 3 nitrogen and oxygen atoms in total. The molecule has 10 heavy (non-hydrogen) atoms. The van der Waals surface area contributed by atoms with E-state index in [1.807, 2.05) is 0 Å². The van der Waals surface area contributed by atoms with E-state index in [2.05, 4.69) is 11.3 Å². The Labute approximate surface area is 82.9 Å². The molecule has 0 unspecified atom stereocenters. The van der Waals surface area contributed by atoms with Crippen LogP contribution in [0.4, 0.5) is 0 Å². The summed E-state index contributed by atoms with van der Waals surface area (Å²) in [5.41, 5.74) is 5.07. The second-order valence-electron chi connectivity index (χ2n) is 1.51. The minimum absolute atomic E-state index is 0. The second-order valence-corrected chi connectivity index (χ2v) is 1.51. The second kappa shape index (κ2) is 9.17. The minimum atomic E-state index is -0.266. The van der Waals surface area contributed by atoms with Gasteiger partial charge in [-0.2, -0.15) is 0 Å². The van der Waals surface area contributed by atoms with E-state index in [9.17, 15) is 4.79 Å². The van der Waals surface area contributed by atoms with Gasteiger partial charge in [0.25, 0.3) is 0 Å². The van der Waals surface area contributed by atoms with Gasteiger partial charge in [0.2, 0.25) is 0 Å². The van der Waals surface area contributed by atoms with Crippen molar-refractivity contribution in [2.24, 2.45) is 5.73 Å². The number of carbonyl (C=O) groups is 1. The molecule has 0 amide bonds. The zero-order valence-corrected chi connectivity index (χ0v) is 5.30. The topological polar surface area (TPSA) is 52.3 Å². The summed E-state index contributed by atoms with van der Waals surface area (Å²) in [5, 5.41) is 0. The van der Waals surface area contributed by atoms with Gasteiger partial charge in [0.1, 0.15) is 6.61 Å². The SMILES string of the molecule is C=CCOC(=O)CCN.[NaH]. The van der Waals surface area contributed by atoms with Crippen LogP contribution >= 0.6 is 0 Å². The molecule has 0 aromatic rings. The summed E-state index contributed by atoms with van der Waals surface area (Å²) in [6.45, 7) is 4.00. The van der Waals surface area contributed by atoms with Crippen LogP contribution in [-0.4, -0.2) is 48.7 Å². The van der Waals surface area contributed by atoms with Gasteiger partial charge < -0.3 is 10.5 Å². The molecule has 0 fully saturated rings. The van der Waals surface area contributed by atoms with Crippen molar-refractivity contribution in [3.8, 4) is 0 Å². The van der Waals surface area contributed by atoms with Crippen LogP contribution in [-0.2, 0) is 9.53 Å². The first-order valence-corrected chi connectivity index (χ1v) is 2.78. The Kier molecular flexibility index (Phi) is 11.7. The van der Waals surface area contributed by atoms with Gasteiger partial charge in [-0.3, -0.25) is 4.79 Å². The van der Waals surface area contributed by atoms with Crippen LogP contribution in [0.1, 0.15) is 6.42 Å². The first-order valence-electron chi connectivity index (χ1n) is 2.78. The van der Waals surface area contributed by atoms with Gasteiger partial charge in [0, 0.05) is 6.54 Å². The molecule has 0 saturated heterocycles. The Morgan fingerprint density at radius 2 is 2.30 bits per heavy atom. The summed E-state index contributed by atoms with van der Waals surface area (Å²) in [4.78, 5) is 10.5. The van der Waals surface area contributed by atoms with Gasteiger partial charge >= 0.3 is 35.5 Å². The van der Waals surface area contributed by atoms with Crippen molar-refractivity contribution in [1.82, 2.24) is 0 Å². The number of hydrogen-bond acceptors (Lipinski definition) is 3. The zero-order valence-electron chi connectivity index (χ0n) is 5.30. The van der Waals surface area contributed by atoms with Gasteiger partial charge in [0.15, 0.2) is 0 Å². The predicted molar refractivity (Wildman–Crippen MR) is 42.0 cm³/mol. The standard InChI is InChI=1S/C6H11NO2.Na.H/c1-2-5-9-6(8)3-4-7;;/h2H,1,3-5,7H2;;. The summed E-state index contributed by atoms with van der Waals surface area (Å²) in [5.74, 6) is -0.266. The molecule has 0 spiro atoms. The number of rotatable bonds is 4. The molecular weight excluding hydrogens is 141 g/mol. The third-order valence-electron chi connectivity index (χ3n) is 0.711. The molecule has 0 radical (unpaired) electrons. The Bertz CT molecular complexity index is 106. The molecule has 54 valence electrons. The molecule has 4 heteroatoms. The van der Waals surface area contributed by atoms with E-state index < -0.39 is 0 Å². The Balaban J connectivity index is 0. The van der Waals surface area contributed by atoms with Gasteiger partial charge in [-0.15, -0.1) is 0 Å². The van der Waals surface area contributed by atoms with Crippen molar-refractivity contribution in [2.45, 2.75) is 6.42 Å². The van der Waals surface area contributed by atoms with Crippen LogP contribution in [0.2, 0.25) is 0 Å². The van der Waals surface area contributed by atoms with Crippen molar-refractivity contribution in [3.63, 3.8) is 0 Å². The number of esters is 1. The fourth-order valence-electron chi connectivity index (χ4n) is 0.342. The fraction of sp³-hybridized carbons (Fsp3) is 0.500. The van der Waals surface area contributed by atoms with E-state index in [0.29, 0.717) is 6.54 Å². The quantitative estimate of drug-likeness (QED) is 0.334. The third kappa shape index (κ3) is 8.17. The Hall–Kier alpha value is 0.170. The number of hydrogen-bond donors (Lipinski definition) is 1. The third-order valence-corrected chi connectivity index (χ3v) is 0.711. The normalized spacial score (nSPS) is 7.70. The molecule has 0 atom stereocenters. The molecule has 2 N–H and O–H groups in total. The predicted octanol–water partition coefficient (Wildman–Crippen LogP) is -0.584. The fourth-order valence-corrected chi connectivity index (χ4v) is 0.342. The molecule has 0 saturated carbocycles. The zero-order chi connectivity index (χ0) is 7.11. The number of carbonyl (C=O) groups excluding carboxylic acids is 1. The van der Waals surface area contributed by atoms with Gasteiger partial charge in [0.05, 0.1) is 6.42 Å². The van der Waals surface area contributed by atoms with E-state index >= 15 is 0 Å². The van der Waals surface area contributed by atoms with Crippen LogP contribution in [0.25, 0.3) is 0 Å². The molecule has 0 rings (SSSR count). The van der Waals surface area contributed by atoms with Crippen LogP contribution in [0.5, 0.6) is 0 Å². The van der Waals surface area contributed by atoms with Crippen LogP contribution in [0.3, 0.4) is 0 Å². The molecule has 0 aromatic heterocycles. The maximum atomic E-state index is 10.5. The maximum absolute atomic E-state index is 10.5. The van der Waals surface area contributed by atoms with Crippen LogP contribution in [0, 0.1) is 0 Å². The molecule has 0 aliphatic carbocycles. The van der Waals surface area contributed by atoms with Crippen molar-refractivity contribution in [1.29, 1.82) is 0 Å². The summed E-state index contributed by atoms with van der Waals surface area (Å²) < 4.78 is 4.59. The summed E-state index contributed by atoms with van der Waals surface area (Å²) in [6, 6.07) is 0. The average Bonchev–Trinajstić information content (AvgIpc) is 1.85. The first kappa shape index (κ1) is 12.8. The van der Waals surface area contributed by atoms with Crippen LogP contribution < -0.4 is 5.73 Å². The molecule has 0 heterocycles. The molecule has 0 aromatic carbocycles. The molecular formula is C6H12NNaO2. The van der Waals surface area contributed by atoms with E-state index in [-0.39, 0.29) is 48.6 Å². The van der Waals surface area contributed by atoms with E-state index in [1.54, 1.807) is 0 Å². The van der Waals surface area contributed by atoms with Gasteiger partial charge in [-0.1, -0.05) is 12.7 Å². The number of nitrogens with two attached hydrogens (primary N) is 1. The molecule has 0 bridgehead atoms. The first-order chi connectivity index (χ1) is 4.31. The van der Waals surface area contributed by atoms with E-state index in [1.165, 1.54) is 6.08 Å². The van der Waals surface area contributed by atoms with Gasteiger partial charge in [-0.05, 0) is 0 Å². The van der Waals surface area contributed by atoms with Crippen molar-refractivity contribution in [2.75, 3.05) is 13.2 Å². The summed E-state index contributed by atoms with van der Waals surface area (Å²) >= 11 is 0. The summed E-state index contributed by atoms with van der Waals surface area (Å²) in [6.07, 6.45) is 1.81. The van der Waals surface area contributed by atoms with E-state index in [4.69, 9.17) is 5.73 Å². The summed E-state index contributed by atoms with van der Waals surface area (Å²) in [7, 11) is 0. The van der Waals surface area contributed by atoms with Crippen LogP contribution in [0.15, 0.2) is 12.7 Å². The monoisotopic (exact) mass is 153 g/mol. The number of ether oxygens (including phenoxy) is 1. The van der Waals surface area contributed by atoms with Crippen molar-refractivity contribution < 1.29 is 9.53 Å². The van der Waals surface area contributed by atoms with Gasteiger partial charge in [-0.25, -0.2) is 0 Å². The molecule has 0 aliphatic rings. The average molecular weight is 153 g/mol. The van der Waals surface area contributed by atoms with Crippen molar-refractivity contribution in [3.05, 3.63) is 12.7 Å². The Morgan fingerprint density at radius 1 is 1.70 bits per heavy atom. The molecule has 0 aliphatic heterocycles.